The Hall–Kier alpha value is -3.62. The third-order valence-corrected chi connectivity index (χ3v) is 7.82. The number of anilines is 3. The molecule has 0 radical (unpaired) electrons. The second-order valence-electron chi connectivity index (χ2n) is 9.60. The molecular formula is C33H26BrN. The number of halogens is 1. The largest absolute Gasteiger partial charge is 0.310 e. The first-order valence-corrected chi connectivity index (χ1v) is 12.8. The van der Waals surface area contributed by atoms with E-state index in [0.29, 0.717) is 0 Å². The molecule has 6 rings (SSSR count). The summed E-state index contributed by atoms with van der Waals surface area (Å²) in [6.07, 6.45) is 0. The molecule has 0 unspecified atom stereocenters. The molecule has 0 spiro atoms. The summed E-state index contributed by atoms with van der Waals surface area (Å²) >= 11 is 3.78. The molecule has 1 aliphatic carbocycles. The third kappa shape index (κ3) is 3.69. The Morgan fingerprint density at radius 3 is 1.89 bits per heavy atom. The van der Waals surface area contributed by atoms with E-state index in [9.17, 15) is 0 Å². The lowest BCUT2D eigenvalue weighted by atomic mass is 9.82. The van der Waals surface area contributed by atoms with Crippen molar-refractivity contribution in [3.63, 3.8) is 0 Å². The van der Waals surface area contributed by atoms with Gasteiger partial charge in [0.1, 0.15) is 0 Å². The first kappa shape index (κ1) is 21.9. The highest BCUT2D eigenvalue weighted by Gasteiger charge is 2.35. The summed E-state index contributed by atoms with van der Waals surface area (Å²) < 4.78 is 1.09. The summed E-state index contributed by atoms with van der Waals surface area (Å²) in [5, 5.41) is 0. The van der Waals surface area contributed by atoms with Gasteiger partial charge in [0, 0.05) is 26.9 Å². The first-order valence-electron chi connectivity index (χ1n) is 12.0. The lowest BCUT2D eigenvalue weighted by Gasteiger charge is -2.28. The molecule has 0 aromatic heterocycles. The molecule has 1 nitrogen and oxygen atoms in total. The smallest absolute Gasteiger partial charge is 0.0468 e. The quantitative estimate of drug-likeness (QED) is 0.230. The van der Waals surface area contributed by atoms with Gasteiger partial charge in [-0.3, -0.25) is 0 Å². The lowest BCUT2D eigenvalue weighted by Crippen LogP contribution is -2.16. The van der Waals surface area contributed by atoms with Gasteiger partial charge in [-0.15, -0.1) is 0 Å². The highest BCUT2D eigenvalue weighted by Crippen LogP contribution is 2.50. The van der Waals surface area contributed by atoms with Crippen LogP contribution in [0.2, 0.25) is 0 Å². The van der Waals surface area contributed by atoms with Crippen LogP contribution in [0.1, 0.15) is 25.0 Å². The molecular weight excluding hydrogens is 490 g/mol. The van der Waals surface area contributed by atoms with E-state index >= 15 is 0 Å². The molecule has 35 heavy (non-hydrogen) atoms. The standard InChI is InChI=1S/C33H26BrN/c1-33(2)30-16-10-9-15-27(30)28-19-17-26(22-31(28)33)35(24-13-7-4-8-14-24)25-18-20-32(34)29(21-25)23-11-5-3-6-12-23/h3-22H,1-2H3. The second-order valence-corrected chi connectivity index (χ2v) is 10.5. The average molecular weight is 516 g/mol. The van der Waals surface area contributed by atoms with Crippen molar-refractivity contribution in [3.05, 3.63) is 137 Å². The van der Waals surface area contributed by atoms with Gasteiger partial charge in [-0.2, -0.15) is 0 Å². The van der Waals surface area contributed by atoms with E-state index in [1.54, 1.807) is 0 Å². The van der Waals surface area contributed by atoms with Crippen LogP contribution in [0.15, 0.2) is 126 Å². The maximum absolute atomic E-state index is 3.78. The fraction of sp³-hybridized carbons (Fsp3) is 0.0909. The zero-order chi connectivity index (χ0) is 24.0. The van der Waals surface area contributed by atoms with Crippen LogP contribution < -0.4 is 4.90 Å². The summed E-state index contributed by atoms with van der Waals surface area (Å²) in [7, 11) is 0. The normalized spacial score (nSPS) is 13.2. The van der Waals surface area contributed by atoms with E-state index in [1.807, 2.05) is 0 Å². The van der Waals surface area contributed by atoms with Gasteiger partial charge in [0.15, 0.2) is 0 Å². The maximum Gasteiger partial charge on any atom is 0.0468 e. The predicted molar refractivity (Wildman–Crippen MR) is 152 cm³/mol. The molecule has 0 fully saturated rings. The molecule has 170 valence electrons. The van der Waals surface area contributed by atoms with Gasteiger partial charge in [0.25, 0.3) is 0 Å². The van der Waals surface area contributed by atoms with Crippen LogP contribution >= 0.6 is 15.9 Å². The van der Waals surface area contributed by atoms with Crippen molar-refractivity contribution in [1.29, 1.82) is 0 Å². The molecule has 5 aromatic carbocycles. The van der Waals surface area contributed by atoms with E-state index in [2.05, 4.69) is 156 Å². The summed E-state index contributed by atoms with van der Waals surface area (Å²) in [5.41, 5.74) is 11.2. The van der Waals surface area contributed by atoms with Gasteiger partial charge in [-0.1, -0.05) is 109 Å². The van der Waals surface area contributed by atoms with Gasteiger partial charge < -0.3 is 4.90 Å². The second kappa shape index (κ2) is 8.55. The molecule has 1 aliphatic rings. The van der Waals surface area contributed by atoms with Crippen molar-refractivity contribution in [1.82, 2.24) is 0 Å². The fourth-order valence-electron chi connectivity index (χ4n) is 5.35. The summed E-state index contributed by atoms with van der Waals surface area (Å²) in [6, 6.07) is 43.5. The Bertz CT molecular complexity index is 1520. The molecule has 0 aliphatic heterocycles. The van der Waals surface area contributed by atoms with Crippen molar-refractivity contribution in [3.8, 4) is 22.3 Å². The van der Waals surface area contributed by atoms with Crippen LogP contribution in [0.3, 0.4) is 0 Å². The number of benzene rings is 5. The molecule has 2 heteroatoms. The fourth-order valence-corrected chi connectivity index (χ4v) is 5.82. The minimum atomic E-state index is -0.0425. The Kier molecular flexibility index (Phi) is 5.35. The van der Waals surface area contributed by atoms with Crippen molar-refractivity contribution in [2.75, 3.05) is 4.90 Å². The van der Waals surface area contributed by atoms with Crippen LogP contribution in [-0.2, 0) is 5.41 Å². The van der Waals surface area contributed by atoms with E-state index in [-0.39, 0.29) is 5.41 Å². The van der Waals surface area contributed by atoms with Gasteiger partial charge in [-0.25, -0.2) is 0 Å². The average Bonchev–Trinajstić information content (AvgIpc) is 3.13. The summed E-state index contributed by atoms with van der Waals surface area (Å²) in [5.74, 6) is 0. The molecule has 0 saturated carbocycles. The van der Waals surface area contributed by atoms with Crippen LogP contribution in [0, 0.1) is 0 Å². The monoisotopic (exact) mass is 515 g/mol. The molecule has 0 N–H and O–H groups in total. The minimum Gasteiger partial charge on any atom is -0.310 e. The molecule has 0 amide bonds. The Labute approximate surface area is 215 Å². The van der Waals surface area contributed by atoms with Gasteiger partial charge >= 0.3 is 0 Å². The zero-order valence-electron chi connectivity index (χ0n) is 19.9. The third-order valence-electron chi connectivity index (χ3n) is 7.13. The number of nitrogens with zero attached hydrogens (tertiary/aromatic N) is 1. The Balaban J connectivity index is 1.53. The van der Waals surface area contributed by atoms with E-state index in [4.69, 9.17) is 0 Å². The van der Waals surface area contributed by atoms with Crippen molar-refractivity contribution in [2.24, 2.45) is 0 Å². The minimum absolute atomic E-state index is 0.0425. The van der Waals surface area contributed by atoms with Gasteiger partial charge in [-0.05, 0) is 75.8 Å². The topological polar surface area (TPSA) is 3.24 Å². The zero-order valence-corrected chi connectivity index (χ0v) is 21.5. The number of hydrogen-bond donors (Lipinski definition) is 0. The first-order chi connectivity index (χ1) is 17.0. The summed E-state index contributed by atoms with van der Waals surface area (Å²) in [4.78, 5) is 2.36. The molecule has 5 aromatic rings. The van der Waals surface area contributed by atoms with Crippen LogP contribution in [0.4, 0.5) is 17.1 Å². The lowest BCUT2D eigenvalue weighted by molar-refractivity contribution is 0.660. The maximum atomic E-state index is 3.78. The predicted octanol–water partition coefficient (Wildman–Crippen LogP) is 9.89. The number of fused-ring (bicyclic) bond motifs is 3. The van der Waals surface area contributed by atoms with E-state index < -0.39 is 0 Å². The van der Waals surface area contributed by atoms with Crippen LogP contribution in [0.25, 0.3) is 22.3 Å². The van der Waals surface area contributed by atoms with Crippen LogP contribution in [0.5, 0.6) is 0 Å². The summed E-state index contributed by atoms with van der Waals surface area (Å²) in [6.45, 7) is 4.67. The highest BCUT2D eigenvalue weighted by atomic mass is 79.9. The molecule has 0 saturated heterocycles. The number of hydrogen-bond acceptors (Lipinski definition) is 1. The van der Waals surface area contributed by atoms with Crippen molar-refractivity contribution < 1.29 is 0 Å². The van der Waals surface area contributed by atoms with Crippen molar-refractivity contribution in [2.45, 2.75) is 19.3 Å². The number of para-hydroxylation sites is 1. The Morgan fingerprint density at radius 1 is 0.514 bits per heavy atom. The van der Waals surface area contributed by atoms with Gasteiger partial charge in [0.05, 0.1) is 0 Å². The van der Waals surface area contributed by atoms with Crippen LogP contribution in [-0.4, -0.2) is 0 Å². The highest BCUT2D eigenvalue weighted by molar-refractivity contribution is 9.10. The Morgan fingerprint density at radius 2 is 1.11 bits per heavy atom. The SMILES string of the molecule is CC1(C)c2ccccc2-c2ccc(N(c3ccccc3)c3ccc(Br)c(-c4ccccc4)c3)cc21. The van der Waals surface area contributed by atoms with Gasteiger partial charge in [0.2, 0.25) is 0 Å². The molecule has 0 heterocycles. The van der Waals surface area contributed by atoms with Crippen molar-refractivity contribution >= 4 is 33.0 Å². The van der Waals surface area contributed by atoms with E-state index in [1.165, 1.54) is 33.4 Å². The van der Waals surface area contributed by atoms with E-state index in [0.717, 1.165) is 21.5 Å². The molecule has 0 atom stereocenters. The number of rotatable bonds is 4. The molecule has 0 bridgehead atoms.